The van der Waals surface area contributed by atoms with Crippen molar-refractivity contribution in [2.24, 2.45) is 5.92 Å². The molecule has 1 aliphatic rings. The van der Waals surface area contributed by atoms with Crippen molar-refractivity contribution in [3.8, 4) is 6.07 Å². The van der Waals surface area contributed by atoms with Gasteiger partial charge in [0.25, 0.3) is 0 Å². The normalized spacial score (nSPS) is 20.7. The molecule has 132 valence electrons. The van der Waals surface area contributed by atoms with Gasteiger partial charge in [-0.2, -0.15) is 5.26 Å². The van der Waals surface area contributed by atoms with E-state index in [0.29, 0.717) is 0 Å². The SMILES string of the molecule is CCCCCCC1CC[SiH](CCCCc2ccc(C#N)cc2)CC1. The highest BCUT2D eigenvalue weighted by Gasteiger charge is 2.21. The summed E-state index contributed by atoms with van der Waals surface area (Å²) in [5, 5.41) is 8.83. The van der Waals surface area contributed by atoms with Gasteiger partial charge in [-0.3, -0.25) is 0 Å². The number of hydrogen-bond donors (Lipinski definition) is 0. The van der Waals surface area contributed by atoms with Gasteiger partial charge in [-0.05, 0) is 36.5 Å². The molecule has 1 aliphatic heterocycles. The van der Waals surface area contributed by atoms with E-state index < -0.39 is 8.80 Å². The summed E-state index contributed by atoms with van der Waals surface area (Å²) in [4.78, 5) is 0. The van der Waals surface area contributed by atoms with Gasteiger partial charge >= 0.3 is 0 Å². The molecule has 0 atom stereocenters. The van der Waals surface area contributed by atoms with Gasteiger partial charge < -0.3 is 0 Å². The summed E-state index contributed by atoms with van der Waals surface area (Å²) in [6.07, 6.45) is 14.3. The molecule has 0 aliphatic carbocycles. The predicted molar refractivity (Wildman–Crippen MR) is 107 cm³/mol. The van der Waals surface area contributed by atoms with E-state index in [2.05, 4.69) is 25.1 Å². The van der Waals surface area contributed by atoms with Crippen molar-refractivity contribution in [3.05, 3.63) is 35.4 Å². The number of aryl methyl sites for hydroxylation is 1. The summed E-state index contributed by atoms with van der Waals surface area (Å²) in [5.41, 5.74) is 2.17. The van der Waals surface area contributed by atoms with Crippen LogP contribution in [-0.4, -0.2) is 8.80 Å². The highest BCUT2D eigenvalue weighted by Crippen LogP contribution is 2.31. The number of nitriles is 1. The van der Waals surface area contributed by atoms with Crippen LogP contribution in [0.15, 0.2) is 24.3 Å². The fraction of sp³-hybridized carbons (Fsp3) is 0.682. The smallest absolute Gasteiger partial charge is 0.0991 e. The molecule has 24 heavy (non-hydrogen) atoms. The van der Waals surface area contributed by atoms with E-state index in [1.807, 2.05) is 12.1 Å². The van der Waals surface area contributed by atoms with Gasteiger partial charge in [-0.15, -0.1) is 0 Å². The van der Waals surface area contributed by atoms with Crippen LogP contribution in [0.3, 0.4) is 0 Å². The largest absolute Gasteiger partial charge is 0.192 e. The summed E-state index contributed by atoms with van der Waals surface area (Å²) < 4.78 is 0. The Balaban J connectivity index is 1.52. The number of rotatable bonds is 10. The first-order valence-electron chi connectivity index (χ1n) is 10.3. The Morgan fingerprint density at radius 3 is 2.42 bits per heavy atom. The Morgan fingerprint density at radius 1 is 1.00 bits per heavy atom. The van der Waals surface area contributed by atoms with Crippen LogP contribution in [0.25, 0.3) is 0 Å². The predicted octanol–water partition coefficient (Wildman–Crippen LogP) is 6.49. The number of benzene rings is 1. The Hall–Kier alpha value is -1.07. The first-order chi connectivity index (χ1) is 11.8. The van der Waals surface area contributed by atoms with Gasteiger partial charge in [0.05, 0.1) is 11.6 Å². The summed E-state index contributed by atoms with van der Waals surface area (Å²) >= 11 is 0. The lowest BCUT2D eigenvalue weighted by molar-refractivity contribution is 0.414. The van der Waals surface area contributed by atoms with E-state index in [9.17, 15) is 0 Å². The highest BCUT2D eigenvalue weighted by molar-refractivity contribution is 6.58. The zero-order chi connectivity index (χ0) is 17.0. The average molecular weight is 342 g/mol. The fourth-order valence-corrected chi connectivity index (χ4v) is 7.79. The molecule has 1 aromatic carbocycles. The molecule has 1 heterocycles. The molecule has 0 aromatic heterocycles. The Kier molecular flexibility index (Phi) is 9.21. The second kappa shape index (κ2) is 11.5. The minimum Gasteiger partial charge on any atom is -0.192 e. The number of nitrogens with zero attached hydrogens (tertiary/aromatic N) is 1. The van der Waals surface area contributed by atoms with Gasteiger partial charge in [0, 0.05) is 8.80 Å². The lowest BCUT2D eigenvalue weighted by Gasteiger charge is -2.27. The molecule has 0 unspecified atom stereocenters. The molecular formula is C22H35NSi. The van der Waals surface area contributed by atoms with E-state index >= 15 is 0 Å². The van der Waals surface area contributed by atoms with Crippen molar-refractivity contribution in [1.82, 2.24) is 0 Å². The Morgan fingerprint density at radius 2 is 1.75 bits per heavy atom. The van der Waals surface area contributed by atoms with Gasteiger partial charge in [0.2, 0.25) is 0 Å². The van der Waals surface area contributed by atoms with Crippen LogP contribution in [-0.2, 0) is 6.42 Å². The lowest BCUT2D eigenvalue weighted by atomic mass is 9.95. The zero-order valence-corrected chi connectivity index (χ0v) is 16.8. The van der Waals surface area contributed by atoms with Crippen molar-refractivity contribution in [1.29, 1.82) is 5.26 Å². The summed E-state index contributed by atoms with van der Waals surface area (Å²) in [7, 11) is -0.394. The van der Waals surface area contributed by atoms with E-state index in [4.69, 9.17) is 5.26 Å². The second-order valence-corrected chi connectivity index (χ2v) is 11.3. The summed E-state index contributed by atoms with van der Waals surface area (Å²) in [5.74, 6) is 1.07. The Bertz CT molecular complexity index is 480. The number of unbranched alkanes of at least 4 members (excludes halogenated alkanes) is 4. The third-order valence-corrected chi connectivity index (χ3v) is 9.37. The minimum absolute atomic E-state index is 0.394. The molecule has 1 nitrogen and oxygen atoms in total. The quantitative estimate of drug-likeness (QED) is 0.352. The fourth-order valence-electron chi connectivity index (χ4n) is 4.18. The van der Waals surface area contributed by atoms with Crippen LogP contribution in [0, 0.1) is 17.2 Å². The minimum atomic E-state index is -0.394. The molecule has 2 rings (SSSR count). The van der Waals surface area contributed by atoms with Gasteiger partial charge in [0.1, 0.15) is 0 Å². The molecule has 0 radical (unpaired) electrons. The molecule has 1 aromatic rings. The van der Waals surface area contributed by atoms with E-state index in [-0.39, 0.29) is 0 Å². The molecule has 0 spiro atoms. The van der Waals surface area contributed by atoms with E-state index in [0.717, 1.165) is 11.5 Å². The third kappa shape index (κ3) is 7.22. The monoisotopic (exact) mass is 341 g/mol. The van der Waals surface area contributed by atoms with Crippen LogP contribution in [0.5, 0.6) is 0 Å². The molecular weight excluding hydrogens is 306 g/mol. The van der Waals surface area contributed by atoms with Gasteiger partial charge in [0.15, 0.2) is 0 Å². The van der Waals surface area contributed by atoms with E-state index in [1.54, 1.807) is 31.0 Å². The van der Waals surface area contributed by atoms with E-state index in [1.165, 1.54) is 56.9 Å². The molecule has 1 fully saturated rings. The maximum absolute atomic E-state index is 8.83. The van der Waals surface area contributed by atoms with Crippen LogP contribution >= 0.6 is 0 Å². The van der Waals surface area contributed by atoms with Crippen molar-refractivity contribution in [3.63, 3.8) is 0 Å². The molecule has 0 N–H and O–H groups in total. The molecule has 2 heteroatoms. The summed E-state index contributed by atoms with van der Waals surface area (Å²) in [6.45, 7) is 2.30. The van der Waals surface area contributed by atoms with Crippen LogP contribution in [0.4, 0.5) is 0 Å². The maximum atomic E-state index is 8.83. The molecule has 0 amide bonds. The van der Waals surface area contributed by atoms with Crippen LogP contribution in [0.2, 0.25) is 18.1 Å². The topological polar surface area (TPSA) is 23.8 Å². The van der Waals surface area contributed by atoms with Crippen molar-refractivity contribution in [2.45, 2.75) is 89.3 Å². The zero-order valence-electron chi connectivity index (χ0n) is 15.6. The van der Waals surface area contributed by atoms with Crippen molar-refractivity contribution in [2.75, 3.05) is 0 Å². The standard InChI is InChI=1S/C22H35NSi/c1-2-3-4-5-8-21-14-17-24(18-15-21)16-7-6-9-20-10-12-22(19-23)13-11-20/h10-13,21,24H,2-9,14-18H2,1H3. The summed E-state index contributed by atoms with van der Waals surface area (Å²) in [6, 6.07) is 15.2. The van der Waals surface area contributed by atoms with Crippen LogP contribution in [0.1, 0.15) is 75.8 Å². The third-order valence-electron chi connectivity index (χ3n) is 5.84. The number of hydrogen-bond acceptors (Lipinski definition) is 1. The first-order valence-corrected chi connectivity index (χ1v) is 12.8. The second-order valence-electron chi connectivity index (χ2n) is 7.79. The molecule has 0 bridgehead atoms. The first kappa shape index (κ1) is 19.3. The lowest BCUT2D eigenvalue weighted by Crippen LogP contribution is -2.21. The Labute approximate surface area is 151 Å². The highest BCUT2D eigenvalue weighted by atomic mass is 28.3. The maximum Gasteiger partial charge on any atom is 0.0991 e. The average Bonchev–Trinajstić information content (AvgIpc) is 2.64. The molecule has 0 saturated carbocycles. The van der Waals surface area contributed by atoms with Crippen LogP contribution < -0.4 is 0 Å². The molecule has 1 saturated heterocycles. The van der Waals surface area contributed by atoms with Gasteiger partial charge in [-0.1, -0.05) is 88.6 Å². The van der Waals surface area contributed by atoms with Crippen molar-refractivity contribution >= 4 is 8.80 Å². The van der Waals surface area contributed by atoms with Gasteiger partial charge in [-0.25, -0.2) is 0 Å². The van der Waals surface area contributed by atoms with Crippen molar-refractivity contribution < 1.29 is 0 Å².